The van der Waals surface area contributed by atoms with E-state index in [9.17, 15) is 9.59 Å². The summed E-state index contributed by atoms with van der Waals surface area (Å²) < 4.78 is 10.2. The van der Waals surface area contributed by atoms with Gasteiger partial charge in [0.1, 0.15) is 0 Å². The Bertz CT molecular complexity index is 654. The van der Waals surface area contributed by atoms with Gasteiger partial charge in [-0.2, -0.15) is 0 Å². The van der Waals surface area contributed by atoms with Crippen molar-refractivity contribution >= 4 is 16.9 Å². The zero-order valence-electron chi connectivity index (χ0n) is 9.31. The third kappa shape index (κ3) is 1.87. The second-order valence-corrected chi connectivity index (χ2v) is 3.62. The summed E-state index contributed by atoms with van der Waals surface area (Å²) >= 11 is 0. The summed E-state index contributed by atoms with van der Waals surface area (Å²) in [5.41, 5.74) is 0.596. The first-order valence-corrected chi connectivity index (χ1v) is 4.88. The number of carboxylic acids is 1. The summed E-state index contributed by atoms with van der Waals surface area (Å²) in [6, 6.07) is 4.27. The Labute approximate surface area is 96.2 Å². The molecule has 1 heterocycles. The molecule has 17 heavy (non-hydrogen) atoms. The van der Waals surface area contributed by atoms with Gasteiger partial charge >= 0.3 is 5.97 Å². The lowest BCUT2D eigenvalue weighted by Crippen LogP contribution is -2.07. The van der Waals surface area contributed by atoms with Crippen molar-refractivity contribution < 1.29 is 19.1 Å². The second kappa shape index (κ2) is 3.93. The van der Waals surface area contributed by atoms with Crippen LogP contribution >= 0.6 is 0 Å². The van der Waals surface area contributed by atoms with Gasteiger partial charge in [-0.3, -0.25) is 4.79 Å². The average molecular weight is 234 g/mol. The zero-order chi connectivity index (χ0) is 12.6. The number of methoxy groups -OCH3 is 1. The Balaban J connectivity index is 2.91. The number of hydrogen-bond acceptors (Lipinski definition) is 4. The van der Waals surface area contributed by atoms with Crippen LogP contribution in [0.2, 0.25) is 0 Å². The van der Waals surface area contributed by atoms with Gasteiger partial charge in [0.2, 0.25) is 5.76 Å². The van der Waals surface area contributed by atoms with E-state index in [1.807, 2.05) is 6.92 Å². The van der Waals surface area contributed by atoms with E-state index in [1.54, 1.807) is 12.1 Å². The Kier molecular flexibility index (Phi) is 2.59. The number of ether oxygens (including phenoxy) is 1. The molecule has 0 saturated heterocycles. The van der Waals surface area contributed by atoms with E-state index in [0.29, 0.717) is 11.1 Å². The maximum atomic E-state index is 11.7. The van der Waals surface area contributed by atoms with E-state index in [4.69, 9.17) is 14.3 Å². The Morgan fingerprint density at radius 3 is 2.65 bits per heavy atom. The van der Waals surface area contributed by atoms with Crippen molar-refractivity contribution in [2.45, 2.75) is 6.92 Å². The predicted octanol–water partition coefficient (Wildman–Crippen LogP) is 1.81. The first kappa shape index (κ1) is 11.2. The molecule has 0 radical (unpaired) electrons. The Hall–Kier alpha value is -2.30. The van der Waals surface area contributed by atoms with E-state index < -0.39 is 17.2 Å². The van der Waals surface area contributed by atoms with Crippen LogP contribution < -0.4 is 10.2 Å². The van der Waals surface area contributed by atoms with Crippen LogP contribution in [0, 0.1) is 6.92 Å². The maximum Gasteiger partial charge on any atom is 0.371 e. The molecule has 5 heteroatoms. The standard InChI is InChI=1S/C12H10O5/c1-6-3-7-8(13)5-10(12(14)15)17-11(7)9(4-6)16-2/h3-5H,1-2H3,(H,14,15). The fourth-order valence-electron chi connectivity index (χ4n) is 1.62. The summed E-state index contributed by atoms with van der Waals surface area (Å²) in [4.78, 5) is 22.5. The lowest BCUT2D eigenvalue weighted by Gasteiger charge is -2.06. The predicted molar refractivity (Wildman–Crippen MR) is 60.7 cm³/mol. The number of aryl methyl sites for hydroxylation is 1. The number of hydrogen-bond donors (Lipinski definition) is 1. The molecule has 0 aliphatic rings. The number of carbonyl (C=O) groups is 1. The van der Waals surface area contributed by atoms with Gasteiger partial charge in [-0.15, -0.1) is 0 Å². The lowest BCUT2D eigenvalue weighted by molar-refractivity contribution is 0.0663. The molecule has 1 aromatic carbocycles. The molecule has 2 aromatic rings. The molecule has 0 amide bonds. The Morgan fingerprint density at radius 1 is 1.35 bits per heavy atom. The molecule has 1 aromatic heterocycles. The molecule has 0 unspecified atom stereocenters. The van der Waals surface area contributed by atoms with E-state index >= 15 is 0 Å². The van der Waals surface area contributed by atoms with Crippen LogP contribution in [-0.2, 0) is 0 Å². The monoisotopic (exact) mass is 234 g/mol. The minimum atomic E-state index is -1.29. The first-order chi connectivity index (χ1) is 8.02. The average Bonchev–Trinajstić information content (AvgIpc) is 2.28. The van der Waals surface area contributed by atoms with Crippen molar-refractivity contribution in [1.29, 1.82) is 0 Å². The highest BCUT2D eigenvalue weighted by Crippen LogP contribution is 2.26. The van der Waals surface area contributed by atoms with Gasteiger partial charge in [0, 0.05) is 6.07 Å². The molecular weight excluding hydrogens is 224 g/mol. The van der Waals surface area contributed by atoms with Gasteiger partial charge in [0.15, 0.2) is 16.8 Å². The molecule has 5 nitrogen and oxygen atoms in total. The molecular formula is C12H10O5. The van der Waals surface area contributed by atoms with Crippen molar-refractivity contribution in [1.82, 2.24) is 0 Å². The van der Waals surface area contributed by atoms with Crippen LogP contribution in [0.15, 0.2) is 27.4 Å². The van der Waals surface area contributed by atoms with Crippen molar-refractivity contribution in [3.63, 3.8) is 0 Å². The Morgan fingerprint density at radius 2 is 2.06 bits per heavy atom. The fraction of sp³-hybridized carbons (Fsp3) is 0.167. The highest BCUT2D eigenvalue weighted by atomic mass is 16.5. The summed E-state index contributed by atoms with van der Waals surface area (Å²) in [5.74, 6) is -1.34. The number of benzene rings is 1. The number of fused-ring (bicyclic) bond motifs is 1. The minimum absolute atomic E-state index is 0.156. The summed E-state index contributed by atoms with van der Waals surface area (Å²) in [5, 5.41) is 9.13. The largest absolute Gasteiger partial charge is 0.493 e. The van der Waals surface area contributed by atoms with E-state index in [2.05, 4.69) is 0 Å². The number of rotatable bonds is 2. The van der Waals surface area contributed by atoms with E-state index in [1.165, 1.54) is 7.11 Å². The van der Waals surface area contributed by atoms with Crippen molar-refractivity contribution in [3.05, 3.63) is 39.7 Å². The van der Waals surface area contributed by atoms with Gasteiger partial charge in [-0.05, 0) is 24.6 Å². The third-order valence-electron chi connectivity index (χ3n) is 2.37. The van der Waals surface area contributed by atoms with Crippen LogP contribution in [0.25, 0.3) is 11.0 Å². The van der Waals surface area contributed by atoms with Gasteiger partial charge in [0.05, 0.1) is 12.5 Å². The number of carboxylic acid groups (broad SMARTS) is 1. The summed E-state index contributed by atoms with van der Waals surface area (Å²) in [6.45, 7) is 1.81. The molecule has 0 bridgehead atoms. The van der Waals surface area contributed by atoms with Gasteiger partial charge in [-0.1, -0.05) is 0 Å². The van der Waals surface area contributed by atoms with Crippen LogP contribution in [0.4, 0.5) is 0 Å². The fourth-order valence-corrected chi connectivity index (χ4v) is 1.62. The third-order valence-corrected chi connectivity index (χ3v) is 2.37. The molecule has 0 aliphatic carbocycles. The van der Waals surface area contributed by atoms with Crippen molar-refractivity contribution in [2.75, 3.05) is 7.11 Å². The SMILES string of the molecule is COc1cc(C)cc2c(=O)cc(C(=O)O)oc12. The highest BCUT2D eigenvalue weighted by Gasteiger charge is 2.14. The smallest absolute Gasteiger partial charge is 0.371 e. The lowest BCUT2D eigenvalue weighted by atomic mass is 10.1. The van der Waals surface area contributed by atoms with Gasteiger partial charge in [-0.25, -0.2) is 4.79 Å². The van der Waals surface area contributed by atoms with Crippen molar-refractivity contribution in [2.24, 2.45) is 0 Å². The first-order valence-electron chi connectivity index (χ1n) is 4.88. The molecule has 0 saturated carbocycles. The normalized spacial score (nSPS) is 10.5. The second-order valence-electron chi connectivity index (χ2n) is 3.62. The molecule has 0 fully saturated rings. The molecule has 88 valence electrons. The van der Waals surface area contributed by atoms with Crippen LogP contribution in [0.1, 0.15) is 16.1 Å². The van der Waals surface area contributed by atoms with E-state index in [0.717, 1.165) is 11.6 Å². The maximum absolute atomic E-state index is 11.7. The topological polar surface area (TPSA) is 76.7 Å². The van der Waals surface area contributed by atoms with E-state index in [-0.39, 0.29) is 5.58 Å². The number of aromatic carboxylic acids is 1. The van der Waals surface area contributed by atoms with Gasteiger partial charge in [0.25, 0.3) is 0 Å². The minimum Gasteiger partial charge on any atom is -0.493 e. The summed E-state index contributed by atoms with van der Waals surface area (Å²) in [7, 11) is 1.43. The highest BCUT2D eigenvalue weighted by molar-refractivity contribution is 5.89. The zero-order valence-corrected chi connectivity index (χ0v) is 9.31. The van der Waals surface area contributed by atoms with Crippen LogP contribution in [-0.4, -0.2) is 18.2 Å². The quantitative estimate of drug-likeness (QED) is 0.857. The van der Waals surface area contributed by atoms with Gasteiger partial charge < -0.3 is 14.3 Å². The van der Waals surface area contributed by atoms with Crippen LogP contribution in [0.5, 0.6) is 5.75 Å². The molecule has 0 spiro atoms. The molecule has 1 N–H and O–H groups in total. The van der Waals surface area contributed by atoms with Crippen LogP contribution in [0.3, 0.4) is 0 Å². The summed E-state index contributed by atoms with van der Waals surface area (Å²) in [6.07, 6.45) is 0. The molecule has 2 rings (SSSR count). The molecule has 0 aliphatic heterocycles. The molecule has 0 atom stereocenters. The van der Waals surface area contributed by atoms with Crippen molar-refractivity contribution in [3.8, 4) is 5.75 Å².